The van der Waals surface area contributed by atoms with Gasteiger partial charge in [0.15, 0.2) is 0 Å². The standard InChI is InChI=1S/C13H24BrN5/c1-4-7-16-13-17-10-11(14)12(18-13)15-8-9-19(5-2)6-3/h10H,4-9H2,1-3H3,(H2,15,16,17,18). The van der Waals surface area contributed by atoms with Crippen LogP contribution in [0.1, 0.15) is 27.2 Å². The van der Waals surface area contributed by atoms with Crippen LogP contribution in [0, 0.1) is 0 Å². The summed E-state index contributed by atoms with van der Waals surface area (Å²) in [6.07, 6.45) is 2.84. The van der Waals surface area contributed by atoms with E-state index in [1.165, 1.54) is 0 Å². The predicted octanol–water partition coefficient (Wildman–Crippen LogP) is 2.81. The lowest BCUT2D eigenvalue weighted by Crippen LogP contribution is -2.28. The number of nitrogens with zero attached hydrogens (tertiary/aromatic N) is 3. The van der Waals surface area contributed by atoms with Crippen LogP contribution < -0.4 is 10.6 Å². The molecule has 1 aromatic heterocycles. The van der Waals surface area contributed by atoms with E-state index in [9.17, 15) is 0 Å². The van der Waals surface area contributed by atoms with Gasteiger partial charge in [0, 0.05) is 25.8 Å². The fourth-order valence-corrected chi connectivity index (χ4v) is 2.02. The molecule has 5 nitrogen and oxygen atoms in total. The Bertz CT molecular complexity index is 368. The van der Waals surface area contributed by atoms with Gasteiger partial charge in [-0.1, -0.05) is 20.8 Å². The minimum Gasteiger partial charge on any atom is -0.368 e. The Kier molecular flexibility index (Phi) is 7.74. The van der Waals surface area contributed by atoms with Crippen LogP contribution in [0.4, 0.5) is 11.8 Å². The van der Waals surface area contributed by atoms with E-state index in [2.05, 4.69) is 62.2 Å². The summed E-state index contributed by atoms with van der Waals surface area (Å²) >= 11 is 3.47. The summed E-state index contributed by atoms with van der Waals surface area (Å²) in [6, 6.07) is 0. The SMILES string of the molecule is CCCNc1ncc(Br)c(NCCN(CC)CC)n1. The summed E-state index contributed by atoms with van der Waals surface area (Å²) in [4.78, 5) is 11.1. The second-order valence-corrected chi connectivity index (χ2v) is 5.12. The van der Waals surface area contributed by atoms with Gasteiger partial charge in [-0.15, -0.1) is 0 Å². The lowest BCUT2D eigenvalue weighted by Gasteiger charge is -2.18. The molecule has 0 bridgehead atoms. The smallest absolute Gasteiger partial charge is 0.224 e. The van der Waals surface area contributed by atoms with Gasteiger partial charge in [0.05, 0.1) is 4.47 Å². The summed E-state index contributed by atoms with van der Waals surface area (Å²) in [5.74, 6) is 1.52. The summed E-state index contributed by atoms with van der Waals surface area (Å²) < 4.78 is 0.897. The molecule has 0 atom stereocenters. The van der Waals surface area contributed by atoms with E-state index in [4.69, 9.17) is 0 Å². The molecular formula is C13H24BrN5. The van der Waals surface area contributed by atoms with Crippen molar-refractivity contribution in [3.05, 3.63) is 10.7 Å². The van der Waals surface area contributed by atoms with E-state index < -0.39 is 0 Å². The van der Waals surface area contributed by atoms with Gasteiger partial charge in [0.2, 0.25) is 5.95 Å². The Morgan fingerprint density at radius 2 is 1.89 bits per heavy atom. The molecule has 0 radical (unpaired) electrons. The number of anilines is 2. The van der Waals surface area contributed by atoms with Gasteiger partial charge < -0.3 is 15.5 Å². The number of likely N-dealkylation sites (N-methyl/N-ethyl adjacent to an activating group) is 1. The molecule has 1 rings (SSSR count). The number of halogens is 1. The van der Waals surface area contributed by atoms with E-state index in [-0.39, 0.29) is 0 Å². The second-order valence-electron chi connectivity index (χ2n) is 4.27. The zero-order valence-electron chi connectivity index (χ0n) is 12.0. The van der Waals surface area contributed by atoms with Crippen LogP contribution in [-0.4, -0.2) is 47.6 Å². The van der Waals surface area contributed by atoms with Crippen LogP contribution in [0.25, 0.3) is 0 Å². The number of rotatable bonds is 9. The normalized spacial score (nSPS) is 10.8. The van der Waals surface area contributed by atoms with E-state index in [0.717, 1.165) is 49.4 Å². The maximum Gasteiger partial charge on any atom is 0.224 e. The average Bonchev–Trinajstić information content (AvgIpc) is 2.44. The highest BCUT2D eigenvalue weighted by Crippen LogP contribution is 2.19. The third-order valence-electron chi connectivity index (χ3n) is 2.89. The Morgan fingerprint density at radius 1 is 1.16 bits per heavy atom. The topological polar surface area (TPSA) is 53.1 Å². The molecule has 0 saturated carbocycles. The third-order valence-corrected chi connectivity index (χ3v) is 3.47. The number of aromatic nitrogens is 2. The van der Waals surface area contributed by atoms with Gasteiger partial charge >= 0.3 is 0 Å². The van der Waals surface area contributed by atoms with Gasteiger partial charge in [0.1, 0.15) is 5.82 Å². The maximum atomic E-state index is 4.46. The van der Waals surface area contributed by atoms with Crippen molar-refractivity contribution in [3.8, 4) is 0 Å². The molecule has 0 aliphatic heterocycles. The minimum absolute atomic E-state index is 0.676. The molecule has 0 aliphatic carbocycles. The second kappa shape index (κ2) is 9.09. The first kappa shape index (κ1) is 16.2. The molecular weight excluding hydrogens is 306 g/mol. The zero-order chi connectivity index (χ0) is 14.1. The molecule has 0 saturated heterocycles. The minimum atomic E-state index is 0.676. The molecule has 0 aliphatic rings. The summed E-state index contributed by atoms with van der Waals surface area (Å²) in [5.41, 5.74) is 0. The third kappa shape index (κ3) is 5.74. The fraction of sp³-hybridized carbons (Fsp3) is 0.692. The van der Waals surface area contributed by atoms with Crippen LogP contribution in [0.3, 0.4) is 0 Å². The van der Waals surface area contributed by atoms with Crippen molar-refractivity contribution in [2.45, 2.75) is 27.2 Å². The Labute approximate surface area is 124 Å². The van der Waals surface area contributed by atoms with Crippen LogP contribution in [0.5, 0.6) is 0 Å². The lowest BCUT2D eigenvalue weighted by molar-refractivity contribution is 0.316. The molecule has 0 fully saturated rings. The van der Waals surface area contributed by atoms with Gasteiger partial charge in [0.25, 0.3) is 0 Å². The van der Waals surface area contributed by atoms with Crippen molar-refractivity contribution >= 4 is 27.7 Å². The average molecular weight is 330 g/mol. The molecule has 2 N–H and O–H groups in total. The summed E-state index contributed by atoms with van der Waals surface area (Å²) in [6.45, 7) is 11.4. The first-order valence-corrected chi connectivity index (χ1v) is 7.73. The first-order valence-electron chi connectivity index (χ1n) is 6.93. The molecule has 19 heavy (non-hydrogen) atoms. The monoisotopic (exact) mass is 329 g/mol. The maximum absolute atomic E-state index is 4.46. The molecule has 0 unspecified atom stereocenters. The van der Waals surface area contributed by atoms with Crippen molar-refractivity contribution in [1.82, 2.24) is 14.9 Å². The summed E-state index contributed by atoms with van der Waals surface area (Å²) in [5, 5.41) is 6.54. The van der Waals surface area contributed by atoms with Gasteiger partial charge in [-0.25, -0.2) is 4.98 Å². The van der Waals surface area contributed by atoms with Crippen molar-refractivity contribution in [3.63, 3.8) is 0 Å². The number of hydrogen-bond donors (Lipinski definition) is 2. The molecule has 0 spiro atoms. The highest BCUT2D eigenvalue weighted by molar-refractivity contribution is 9.10. The Hall–Kier alpha value is -0.880. The Balaban J connectivity index is 2.51. The number of nitrogens with one attached hydrogen (secondary N) is 2. The van der Waals surface area contributed by atoms with Crippen molar-refractivity contribution < 1.29 is 0 Å². The van der Waals surface area contributed by atoms with E-state index >= 15 is 0 Å². The quantitative estimate of drug-likeness (QED) is 0.729. The Morgan fingerprint density at radius 3 is 2.53 bits per heavy atom. The van der Waals surface area contributed by atoms with Crippen molar-refractivity contribution in [1.29, 1.82) is 0 Å². The molecule has 1 heterocycles. The van der Waals surface area contributed by atoms with Gasteiger partial charge in [-0.2, -0.15) is 4.98 Å². The fourth-order valence-electron chi connectivity index (χ4n) is 1.69. The van der Waals surface area contributed by atoms with Crippen LogP contribution >= 0.6 is 15.9 Å². The predicted molar refractivity (Wildman–Crippen MR) is 84.8 cm³/mol. The van der Waals surface area contributed by atoms with Crippen molar-refractivity contribution in [2.75, 3.05) is 43.4 Å². The van der Waals surface area contributed by atoms with Crippen LogP contribution in [0.15, 0.2) is 10.7 Å². The van der Waals surface area contributed by atoms with Gasteiger partial charge in [-0.3, -0.25) is 0 Å². The molecule has 1 aromatic rings. The van der Waals surface area contributed by atoms with Crippen molar-refractivity contribution in [2.24, 2.45) is 0 Å². The largest absolute Gasteiger partial charge is 0.368 e. The highest BCUT2D eigenvalue weighted by atomic mass is 79.9. The van der Waals surface area contributed by atoms with Gasteiger partial charge in [-0.05, 0) is 35.4 Å². The lowest BCUT2D eigenvalue weighted by atomic mass is 10.4. The number of hydrogen-bond acceptors (Lipinski definition) is 5. The van der Waals surface area contributed by atoms with E-state index in [1.54, 1.807) is 6.20 Å². The van der Waals surface area contributed by atoms with Crippen LogP contribution in [0.2, 0.25) is 0 Å². The molecule has 6 heteroatoms. The highest BCUT2D eigenvalue weighted by Gasteiger charge is 2.05. The zero-order valence-corrected chi connectivity index (χ0v) is 13.6. The molecule has 108 valence electrons. The molecule has 0 amide bonds. The summed E-state index contributed by atoms with van der Waals surface area (Å²) in [7, 11) is 0. The first-order chi connectivity index (χ1) is 9.21. The van der Waals surface area contributed by atoms with Crippen LogP contribution in [-0.2, 0) is 0 Å². The molecule has 0 aromatic carbocycles. The van der Waals surface area contributed by atoms with E-state index in [0.29, 0.717) is 5.95 Å². The van der Waals surface area contributed by atoms with E-state index in [1.807, 2.05) is 0 Å².